The van der Waals surface area contributed by atoms with Gasteiger partial charge in [0.25, 0.3) is 0 Å². The van der Waals surface area contributed by atoms with Gasteiger partial charge in [-0.3, -0.25) is 0 Å². The van der Waals surface area contributed by atoms with Crippen LogP contribution < -0.4 is 5.32 Å². The van der Waals surface area contributed by atoms with Gasteiger partial charge in [0.05, 0.1) is 18.6 Å². The Balaban J connectivity index is 2.43. The Morgan fingerprint density at radius 1 is 1.29 bits per heavy atom. The maximum absolute atomic E-state index is 13.7. The number of halogens is 2. The summed E-state index contributed by atoms with van der Waals surface area (Å²) < 4.78 is 31.9. The summed E-state index contributed by atoms with van der Waals surface area (Å²) in [6, 6.07) is 5.51. The summed E-state index contributed by atoms with van der Waals surface area (Å²) >= 11 is 0. The van der Waals surface area contributed by atoms with Crippen LogP contribution in [0.4, 0.5) is 8.78 Å². The molecule has 0 spiro atoms. The van der Waals surface area contributed by atoms with Gasteiger partial charge in [0.2, 0.25) is 0 Å². The van der Waals surface area contributed by atoms with Crippen LogP contribution in [-0.2, 0) is 0 Å². The predicted molar refractivity (Wildman–Crippen MR) is 60.6 cm³/mol. The molecule has 0 saturated carbocycles. The predicted octanol–water partition coefficient (Wildman–Crippen LogP) is 3.26. The first-order valence-corrected chi connectivity index (χ1v) is 5.43. The zero-order valence-electron chi connectivity index (χ0n) is 9.41. The van der Waals surface area contributed by atoms with E-state index in [4.69, 9.17) is 4.42 Å². The topological polar surface area (TPSA) is 25.2 Å². The van der Waals surface area contributed by atoms with Crippen molar-refractivity contribution in [1.82, 2.24) is 5.32 Å². The van der Waals surface area contributed by atoms with Gasteiger partial charge in [0.15, 0.2) is 11.6 Å². The van der Waals surface area contributed by atoms with Gasteiger partial charge in [-0.25, -0.2) is 8.78 Å². The fourth-order valence-corrected chi connectivity index (χ4v) is 1.79. The first-order chi connectivity index (χ1) is 8.24. The molecular weight excluding hydrogens is 224 g/mol. The third-order valence-electron chi connectivity index (χ3n) is 2.58. The third-order valence-corrected chi connectivity index (χ3v) is 2.58. The second-order valence-electron chi connectivity index (χ2n) is 3.69. The molecule has 1 heterocycles. The molecule has 1 unspecified atom stereocenters. The molecule has 4 heteroatoms. The standard InChI is InChI=1S/C13H13F2NO/c1-2-16-13(9-6-7-17-8-9)10-4-3-5-11(14)12(10)15/h3-8,13,16H,2H2,1H3. The van der Waals surface area contributed by atoms with Crippen molar-refractivity contribution in [3.05, 3.63) is 59.6 Å². The molecule has 1 atom stereocenters. The summed E-state index contributed by atoms with van der Waals surface area (Å²) in [5, 5.41) is 3.10. The van der Waals surface area contributed by atoms with Crippen molar-refractivity contribution in [2.24, 2.45) is 0 Å². The van der Waals surface area contributed by atoms with Gasteiger partial charge >= 0.3 is 0 Å². The molecule has 1 aromatic carbocycles. The van der Waals surface area contributed by atoms with Crippen molar-refractivity contribution in [1.29, 1.82) is 0 Å². The SMILES string of the molecule is CCNC(c1ccoc1)c1cccc(F)c1F. The van der Waals surface area contributed by atoms with Crippen LogP contribution in [0.1, 0.15) is 24.1 Å². The Kier molecular flexibility index (Phi) is 3.54. The van der Waals surface area contributed by atoms with Gasteiger partial charge in [0.1, 0.15) is 0 Å². The number of rotatable bonds is 4. The Labute approximate surface area is 98.3 Å². The summed E-state index contributed by atoms with van der Waals surface area (Å²) in [5.41, 5.74) is 1.06. The molecule has 0 amide bonds. The van der Waals surface area contributed by atoms with E-state index >= 15 is 0 Å². The average Bonchev–Trinajstić information content (AvgIpc) is 2.84. The molecule has 2 nitrogen and oxygen atoms in total. The lowest BCUT2D eigenvalue weighted by atomic mass is 10.0. The summed E-state index contributed by atoms with van der Waals surface area (Å²) in [5.74, 6) is -1.66. The number of benzene rings is 1. The van der Waals surface area contributed by atoms with Crippen molar-refractivity contribution < 1.29 is 13.2 Å². The highest BCUT2D eigenvalue weighted by Gasteiger charge is 2.19. The average molecular weight is 237 g/mol. The van der Waals surface area contributed by atoms with E-state index in [0.717, 1.165) is 11.6 Å². The van der Waals surface area contributed by atoms with Crippen LogP contribution in [0.15, 0.2) is 41.2 Å². The fraction of sp³-hybridized carbons (Fsp3) is 0.231. The zero-order valence-corrected chi connectivity index (χ0v) is 9.41. The highest BCUT2D eigenvalue weighted by molar-refractivity contribution is 5.31. The first kappa shape index (κ1) is 11.8. The van der Waals surface area contributed by atoms with E-state index < -0.39 is 17.7 Å². The van der Waals surface area contributed by atoms with Crippen molar-refractivity contribution >= 4 is 0 Å². The molecule has 0 aliphatic rings. The Hall–Kier alpha value is -1.68. The molecule has 0 fully saturated rings. The zero-order chi connectivity index (χ0) is 12.3. The maximum Gasteiger partial charge on any atom is 0.163 e. The third kappa shape index (κ3) is 2.36. The van der Waals surface area contributed by atoms with Gasteiger partial charge in [-0.15, -0.1) is 0 Å². The number of hydrogen-bond acceptors (Lipinski definition) is 2. The van der Waals surface area contributed by atoms with Crippen LogP contribution in [0.25, 0.3) is 0 Å². The van der Waals surface area contributed by atoms with Crippen LogP contribution in [0, 0.1) is 11.6 Å². The number of hydrogen-bond donors (Lipinski definition) is 1. The van der Waals surface area contributed by atoms with Crippen LogP contribution in [0.5, 0.6) is 0 Å². The highest BCUT2D eigenvalue weighted by Crippen LogP contribution is 2.25. The Morgan fingerprint density at radius 3 is 2.76 bits per heavy atom. The van der Waals surface area contributed by atoms with E-state index in [-0.39, 0.29) is 5.56 Å². The van der Waals surface area contributed by atoms with Gasteiger partial charge in [-0.1, -0.05) is 19.1 Å². The van der Waals surface area contributed by atoms with Crippen molar-refractivity contribution in [3.8, 4) is 0 Å². The summed E-state index contributed by atoms with van der Waals surface area (Å²) in [4.78, 5) is 0. The van der Waals surface area contributed by atoms with E-state index in [0.29, 0.717) is 6.54 Å². The van der Waals surface area contributed by atoms with E-state index in [1.807, 2.05) is 6.92 Å². The maximum atomic E-state index is 13.7. The minimum atomic E-state index is -0.839. The second kappa shape index (κ2) is 5.10. The quantitative estimate of drug-likeness (QED) is 0.883. The molecule has 2 aromatic rings. The number of nitrogens with one attached hydrogen (secondary N) is 1. The Bertz CT molecular complexity index is 482. The molecule has 1 N–H and O–H groups in total. The Morgan fingerprint density at radius 2 is 2.12 bits per heavy atom. The molecule has 1 aromatic heterocycles. The molecular formula is C13H13F2NO. The highest BCUT2D eigenvalue weighted by atomic mass is 19.2. The molecule has 0 bridgehead atoms. The molecule has 0 radical (unpaired) electrons. The molecule has 0 saturated heterocycles. The number of furan rings is 1. The van der Waals surface area contributed by atoms with Crippen molar-refractivity contribution in [2.45, 2.75) is 13.0 Å². The smallest absolute Gasteiger partial charge is 0.163 e. The molecule has 0 aliphatic heterocycles. The summed E-state index contributed by atoms with van der Waals surface area (Å²) in [7, 11) is 0. The van der Waals surface area contributed by atoms with Crippen molar-refractivity contribution in [3.63, 3.8) is 0 Å². The minimum absolute atomic E-state index is 0.285. The van der Waals surface area contributed by atoms with E-state index in [2.05, 4.69) is 5.32 Å². The first-order valence-electron chi connectivity index (χ1n) is 5.43. The van der Waals surface area contributed by atoms with Gasteiger partial charge in [-0.05, 0) is 18.7 Å². The lowest BCUT2D eigenvalue weighted by molar-refractivity contribution is 0.481. The van der Waals surface area contributed by atoms with Gasteiger partial charge in [-0.2, -0.15) is 0 Å². The lowest BCUT2D eigenvalue weighted by Gasteiger charge is -2.17. The van der Waals surface area contributed by atoms with E-state index in [1.165, 1.54) is 18.6 Å². The van der Waals surface area contributed by atoms with E-state index in [1.54, 1.807) is 12.1 Å². The molecule has 0 aliphatic carbocycles. The molecule has 17 heavy (non-hydrogen) atoms. The largest absolute Gasteiger partial charge is 0.472 e. The van der Waals surface area contributed by atoms with Crippen LogP contribution in [0.2, 0.25) is 0 Å². The van der Waals surface area contributed by atoms with Crippen LogP contribution >= 0.6 is 0 Å². The minimum Gasteiger partial charge on any atom is -0.472 e. The summed E-state index contributed by atoms with van der Waals surface area (Å²) in [6.07, 6.45) is 3.04. The fourth-order valence-electron chi connectivity index (χ4n) is 1.79. The summed E-state index contributed by atoms with van der Waals surface area (Å²) in [6.45, 7) is 2.55. The van der Waals surface area contributed by atoms with Crippen molar-refractivity contribution in [2.75, 3.05) is 6.54 Å². The molecule has 2 rings (SSSR count). The second-order valence-corrected chi connectivity index (χ2v) is 3.69. The van der Waals surface area contributed by atoms with E-state index in [9.17, 15) is 8.78 Å². The lowest BCUT2D eigenvalue weighted by Crippen LogP contribution is -2.22. The molecule has 90 valence electrons. The van der Waals surface area contributed by atoms with Crippen LogP contribution in [0.3, 0.4) is 0 Å². The van der Waals surface area contributed by atoms with Gasteiger partial charge in [0, 0.05) is 11.1 Å². The van der Waals surface area contributed by atoms with Crippen LogP contribution in [-0.4, -0.2) is 6.54 Å². The normalized spacial score (nSPS) is 12.6. The van der Waals surface area contributed by atoms with Gasteiger partial charge < -0.3 is 9.73 Å². The monoisotopic (exact) mass is 237 g/mol.